The molecule has 0 spiro atoms. The highest BCUT2D eigenvalue weighted by atomic mass is 16.5. The number of ether oxygens (including phenoxy) is 3. The maximum Gasteiger partial charge on any atom is 0.361 e. The van der Waals surface area contributed by atoms with Crippen LogP contribution in [0.5, 0.6) is 11.5 Å². The van der Waals surface area contributed by atoms with Gasteiger partial charge in [-0.25, -0.2) is 9.78 Å². The second kappa shape index (κ2) is 7.04. The molecular weight excluding hydrogens is 328 g/mol. The van der Waals surface area contributed by atoms with Crippen molar-refractivity contribution in [2.24, 2.45) is 0 Å². The van der Waals surface area contributed by atoms with Gasteiger partial charge in [-0.15, -0.1) is 0 Å². The molecule has 1 N–H and O–H groups in total. The van der Waals surface area contributed by atoms with Gasteiger partial charge in [0.2, 0.25) is 5.69 Å². The predicted molar refractivity (Wildman–Crippen MR) is 88.4 cm³/mol. The van der Waals surface area contributed by atoms with Gasteiger partial charge in [-0.2, -0.15) is 4.98 Å². The molecule has 0 unspecified atom stereocenters. The van der Waals surface area contributed by atoms with Gasteiger partial charge >= 0.3 is 5.97 Å². The van der Waals surface area contributed by atoms with Crippen LogP contribution in [0.2, 0.25) is 0 Å². The quantitative estimate of drug-likeness (QED) is 0.675. The summed E-state index contributed by atoms with van der Waals surface area (Å²) in [5.41, 5.74) is 0.805. The number of nitrogens with one attached hydrogen (secondary N) is 1. The smallest absolute Gasteiger partial charge is 0.361 e. The summed E-state index contributed by atoms with van der Waals surface area (Å²) in [6.07, 6.45) is 1.31. The zero-order valence-corrected chi connectivity index (χ0v) is 13.9. The van der Waals surface area contributed by atoms with E-state index in [0.29, 0.717) is 28.4 Å². The number of carbonyl (C=O) groups excluding carboxylic acids is 1. The van der Waals surface area contributed by atoms with Crippen LogP contribution in [0.15, 0.2) is 29.0 Å². The number of nitrogens with zero attached hydrogens (tertiary/aromatic N) is 3. The molecule has 2 aromatic heterocycles. The van der Waals surface area contributed by atoms with Crippen molar-refractivity contribution in [3.63, 3.8) is 0 Å². The highest BCUT2D eigenvalue weighted by Gasteiger charge is 2.22. The molecule has 25 heavy (non-hydrogen) atoms. The lowest BCUT2D eigenvalue weighted by Gasteiger charge is -2.12. The lowest BCUT2D eigenvalue weighted by atomic mass is 10.2. The van der Waals surface area contributed by atoms with Crippen LogP contribution in [-0.2, 0) is 4.74 Å². The average Bonchev–Trinajstić information content (AvgIpc) is 3.07. The van der Waals surface area contributed by atoms with Gasteiger partial charge in [0.05, 0.1) is 26.5 Å². The van der Waals surface area contributed by atoms with E-state index in [0.717, 1.165) is 0 Å². The normalized spacial score (nSPS) is 10.5. The van der Waals surface area contributed by atoms with Crippen molar-refractivity contribution in [2.75, 3.05) is 26.1 Å². The van der Waals surface area contributed by atoms with Crippen LogP contribution in [-0.4, -0.2) is 41.9 Å². The summed E-state index contributed by atoms with van der Waals surface area (Å²) in [5.74, 6) is 0.922. The molecule has 130 valence electrons. The van der Waals surface area contributed by atoms with Gasteiger partial charge in [0, 0.05) is 6.07 Å². The van der Waals surface area contributed by atoms with Crippen molar-refractivity contribution in [3.8, 4) is 11.5 Å². The SMILES string of the molecule is CCOC(=O)c1noc2ncnc(Nc3ccc(OC)cc3OC)c12. The van der Waals surface area contributed by atoms with E-state index in [-0.39, 0.29) is 18.0 Å². The zero-order valence-electron chi connectivity index (χ0n) is 13.9. The van der Waals surface area contributed by atoms with E-state index in [1.54, 1.807) is 39.3 Å². The Morgan fingerprint density at radius 1 is 1.24 bits per heavy atom. The number of rotatable bonds is 6. The fourth-order valence-electron chi connectivity index (χ4n) is 2.25. The Bertz CT molecular complexity index is 909. The number of anilines is 2. The maximum atomic E-state index is 12.1. The van der Waals surface area contributed by atoms with Crippen LogP contribution in [0.4, 0.5) is 11.5 Å². The molecule has 3 rings (SSSR count). The number of benzene rings is 1. The van der Waals surface area contributed by atoms with E-state index in [9.17, 15) is 4.79 Å². The van der Waals surface area contributed by atoms with Gasteiger partial charge in [-0.1, -0.05) is 5.16 Å². The highest BCUT2D eigenvalue weighted by Crippen LogP contribution is 2.33. The zero-order chi connectivity index (χ0) is 17.8. The molecule has 0 fully saturated rings. The Kier molecular flexibility index (Phi) is 4.64. The standard InChI is InChI=1S/C16H16N4O5/c1-4-24-16(21)13-12-14(17-8-18-15(12)25-20-13)19-10-6-5-9(22-2)7-11(10)23-3/h5-8H,4H2,1-3H3,(H,17,18,19). The van der Waals surface area contributed by atoms with E-state index in [1.165, 1.54) is 6.33 Å². The van der Waals surface area contributed by atoms with Gasteiger partial charge in [0.15, 0.2) is 0 Å². The highest BCUT2D eigenvalue weighted by molar-refractivity contribution is 6.05. The number of hydrogen-bond acceptors (Lipinski definition) is 9. The number of methoxy groups -OCH3 is 2. The van der Waals surface area contributed by atoms with Crippen LogP contribution >= 0.6 is 0 Å². The topological polar surface area (TPSA) is 109 Å². The molecule has 1 aromatic carbocycles. The van der Waals surface area contributed by atoms with Gasteiger partial charge in [0.25, 0.3) is 5.71 Å². The summed E-state index contributed by atoms with van der Waals surface area (Å²) in [6.45, 7) is 1.92. The van der Waals surface area contributed by atoms with Crippen molar-refractivity contribution in [3.05, 3.63) is 30.2 Å². The minimum absolute atomic E-state index is 0.00688. The molecule has 2 heterocycles. The third-order valence-electron chi connectivity index (χ3n) is 3.40. The summed E-state index contributed by atoms with van der Waals surface area (Å²) >= 11 is 0. The molecule has 9 heteroatoms. The van der Waals surface area contributed by atoms with Crippen molar-refractivity contribution in [1.29, 1.82) is 0 Å². The minimum Gasteiger partial charge on any atom is -0.497 e. The molecule has 3 aromatic rings. The van der Waals surface area contributed by atoms with Crippen LogP contribution in [0.3, 0.4) is 0 Å². The van der Waals surface area contributed by atoms with E-state index in [1.807, 2.05) is 0 Å². The van der Waals surface area contributed by atoms with Crippen molar-refractivity contribution < 1.29 is 23.5 Å². The number of fused-ring (bicyclic) bond motifs is 1. The lowest BCUT2D eigenvalue weighted by Crippen LogP contribution is -2.07. The second-order valence-corrected chi connectivity index (χ2v) is 4.85. The van der Waals surface area contributed by atoms with Gasteiger partial charge in [-0.05, 0) is 19.1 Å². The Hall–Kier alpha value is -3.36. The van der Waals surface area contributed by atoms with E-state index >= 15 is 0 Å². The first-order valence-corrected chi connectivity index (χ1v) is 7.44. The molecule has 0 atom stereocenters. The lowest BCUT2D eigenvalue weighted by molar-refractivity contribution is 0.0517. The van der Waals surface area contributed by atoms with E-state index < -0.39 is 5.97 Å². The van der Waals surface area contributed by atoms with Crippen LogP contribution < -0.4 is 14.8 Å². The predicted octanol–water partition coefficient (Wildman–Crippen LogP) is 2.56. The molecule has 0 aliphatic carbocycles. The van der Waals surface area contributed by atoms with Crippen LogP contribution in [0.25, 0.3) is 11.1 Å². The van der Waals surface area contributed by atoms with Crippen molar-refractivity contribution in [2.45, 2.75) is 6.92 Å². The number of aromatic nitrogens is 3. The third-order valence-corrected chi connectivity index (χ3v) is 3.40. The maximum absolute atomic E-state index is 12.1. The van der Waals surface area contributed by atoms with E-state index in [2.05, 4.69) is 20.4 Å². The molecule has 9 nitrogen and oxygen atoms in total. The van der Waals surface area contributed by atoms with E-state index in [4.69, 9.17) is 18.7 Å². The van der Waals surface area contributed by atoms with Crippen LogP contribution in [0.1, 0.15) is 17.4 Å². The second-order valence-electron chi connectivity index (χ2n) is 4.85. The molecule has 0 saturated carbocycles. The molecular formula is C16H16N4O5. The first-order valence-electron chi connectivity index (χ1n) is 7.44. The largest absolute Gasteiger partial charge is 0.497 e. The fraction of sp³-hybridized carbons (Fsp3) is 0.250. The summed E-state index contributed by atoms with van der Waals surface area (Å²) in [7, 11) is 3.11. The number of esters is 1. The van der Waals surface area contributed by atoms with Gasteiger partial charge in [0.1, 0.15) is 29.0 Å². The first-order chi connectivity index (χ1) is 12.2. The Balaban J connectivity index is 2.05. The van der Waals surface area contributed by atoms with Crippen LogP contribution in [0, 0.1) is 0 Å². The molecule has 0 saturated heterocycles. The fourth-order valence-corrected chi connectivity index (χ4v) is 2.25. The summed E-state index contributed by atoms with van der Waals surface area (Å²) < 4.78 is 20.6. The molecule has 0 radical (unpaired) electrons. The minimum atomic E-state index is -0.610. The Labute approximate surface area is 142 Å². The van der Waals surface area contributed by atoms with Crippen molar-refractivity contribution in [1.82, 2.24) is 15.1 Å². The summed E-state index contributed by atoms with van der Waals surface area (Å²) in [5, 5.41) is 7.18. The van der Waals surface area contributed by atoms with Crippen molar-refractivity contribution >= 4 is 28.6 Å². The molecule has 0 amide bonds. The average molecular weight is 344 g/mol. The third kappa shape index (κ3) is 3.16. The molecule has 0 bridgehead atoms. The van der Waals surface area contributed by atoms with Gasteiger partial charge < -0.3 is 24.1 Å². The Morgan fingerprint density at radius 3 is 2.80 bits per heavy atom. The monoisotopic (exact) mass is 344 g/mol. The first kappa shape index (κ1) is 16.5. The summed E-state index contributed by atoms with van der Waals surface area (Å²) in [6, 6.07) is 5.26. The summed E-state index contributed by atoms with van der Waals surface area (Å²) in [4.78, 5) is 20.2. The number of carbonyl (C=O) groups is 1. The number of hydrogen-bond donors (Lipinski definition) is 1. The Morgan fingerprint density at radius 2 is 2.08 bits per heavy atom. The molecule has 0 aliphatic rings. The molecule has 0 aliphatic heterocycles. The van der Waals surface area contributed by atoms with Gasteiger partial charge in [-0.3, -0.25) is 0 Å².